The van der Waals surface area contributed by atoms with Crippen LogP contribution in [0, 0.1) is 40.8 Å². The van der Waals surface area contributed by atoms with Gasteiger partial charge in [-0.05, 0) is 53.9 Å². The first kappa shape index (κ1) is 17.7. The van der Waals surface area contributed by atoms with Crippen LogP contribution >= 0.6 is 0 Å². The van der Waals surface area contributed by atoms with E-state index in [0.29, 0.717) is 35.9 Å². The van der Waals surface area contributed by atoms with Crippen molar-refractivity contribution in [2.75, 3.05) is 18.0 Å². The Morgan fingerprint density at radius 2 is 2.07 bits per heavy atom. The maximum atomic E-state index is 14.4. The topological polar surface area (TPSA) is 61.9 Å². The Morgan fingerprint density at radius 3 is 2.70 bits per heavy atom. The second kappa shape index (κ2) is 6.80. The summed E-state index contributed by atoms with van der Waals surface area (Å²) in [6.07, 6.45) is 2.43. The van der Waals surface area contributed by atoms with Crippen LogP contribution in [-0.2, 0) is 13.0 Å². The van der Waals surface area contributed by atoms with Crippen molar-refractivity contribution < 1.29 is 4.39 Å². The quantitative estimate of drug-likeness (QED) is 0.816. The Labute approximate surface area is 158 Å². The molecule has 0 radical (unpaired) electrons. The van der Waals surface area contributed by atoms with Gasteiger partial charge in [-0.15, -0.1) is 0 Å². The highest BCUT2D eigenvalue weighted by Crippen LogP contribution is 2.53. The summed E-state index contributed by atoms with van der Waals surface area (Å²) in [6.45, 7) is 6.44. The molecular formula is C21H23FN4O. The Balaban J connectivity index is 1.50. The van der Waals surface area contributed by atoms with Crippen LogP contribution in [0.5, 0.6) is 0 Å². The lowest BCUT2D eigenvalue weighted by molar-refractivity contribution is 0.479. The number of aromatic nitrogens is 2. The minimum absolute atomic E-state index is 0.0745. The van der Waals surface area contributed by atoms with Gasteiger partial charge in [-0.3, -0.25) is 4.79 Å². The molecule has 1 aliphatic carbocycles. The Morgan fingerprint density at radius 1 is 1.33 bits per heavy atom. The van der Waals surface area contributed by atoms with E-state index in [9.17, 15) is 14.4 Å². The minimum Gasteiger partial charge on any atom is -0.370 e. The van der Waals surface area contributed by atoms with Crippen LogP contribution in [-0.4, -0.2) is 22.9 Å². The standard InChI is InChI=1S/C21H23FN4O/c1-13(2)6-14-7-19(22)15(9-23)20(8-14)25-10-16-17(11-25)18(16)12-26-21(27)4-3-5-24-26/h3-5,7-8,13,16-18H,6,10-12H2,1-2H3. The largest absolute Gasteiger partial charge is 0.370 e. The summed E-state index contributed by atoms with van der Waals surface area (Å²) in [5.41, 5.74) is 1.72. The first-order chi connectivity index (χ1) is 13.0. The zero-order chi connectivity index (χ0) is 19.1. The molecule has 0 N–H and O–H groups in total. The molecule has 2 aliphatic rings. The van der Waals surface area contributed by atoms with Crippen LogP contribution < -0.4 is 10.5 Å². The Bertz CT molecular complexity index is 949. The molecule has 2 heterocycles. The van der Waals surface area contributed by atoms with E-state index in [2.05, 4.69) is 23.8 Å². The minimum atomic E-state index is -0.428. The van der Waals surface area contributed by atoms with Crippen LogP contribution in [0.1, 0.15) is 25.0 Å². The first-order valence-electron chi connectivity index (χ1n) is 9.47. The van der Waals surface area contributed by atoms with Gasteiger partial charge < -0.3 is 4.90 Å². The zero-order valence-electron chi connectivity index (χ0n) is 15.6. The van der Waals surface area contributed by atoms with E-state index in [1.54, 1.807) is 12.3 Å². The number of hydrogen-bond donors (Lipinski definition) is 0. The summed E-state index contributed by atoms with van der Waals surface area (Å²) in [7, 11) is 0. The van der Waals surface area contributed by atoms with E-state index in [-0.39, 0.29) is 11.1 Å². The third-order valence-electron chi connectivity index (χ3n) is 5.77. The summed E-state index contributed by atoms with van der Waals surface area (Å²) < 4.78 is 16.0. The number of anilines is 1. The summed E-state index contributed by atoms with van der Waals surface area (Å²) in [4.78, 5) is 14.0. The molecule has 0 spiro atoms. The van der Waals surface area contributed by atoms with Gasteiger partial charge in [-0.1, -0.05) is 13.8 Å². The van der Waals surface area contributed by atoms with Crippen molar-refractivity contribution in [3.05, 3.63) is 57.8 Å². The average molecular weight is 366 g/mol. The molecule has 2 atom stereocenters. The van der Waals surface area contributed by atoms with Gasteiger partial charge in [-0.2, -0.15) is 10.4 Å². The molecule has 2 fully saturated rings. The maximum Gasteiger partial charge on any atom is 0.266 e. The smallest absolute Gasteiger partial charge is 0.266 e. The molecular weight excluding hydrogens is 343 g/mol. The number of halogens is 1. The fourth-order valence-corrected chi connectivity index (χ4v) is 4.44. The number of benzene rings is 1. The van der Waals surface area contributed by atoms with Gasteiger partial charge in [-0.25, -0.2) is 9.07 Å². The third kappa shape index (κ3) is 3.34. The molecule has 4 rings (SSSR count). The normalized spacial score (nSPS) is 23.4. The van der Waals surface area contributed by atoms with Crippen LogP contribution in [0.3, 0.4) is 0 Å². The van der Waals surface area contributed by atoms with Gasteiger partial charge in [0.15, 0.2) is 0 Å². The van der Waals surface area contributed by atoms with Crippen LogP contribution in [0.2, 0.25) is 0 Å². The zero-order valence-corrected chi connectivity index (χ0v) is 15.6. The summed E-state index contributed by atoms with van der Waals surface area (Å²) >= 11 is 0. The van der Waals surface area contributed by atoms with Crippen LogP contribution in [0.4, 0.5) is 10.1 Å². The summed E-state index contributed by atoms with van der Waals surface area (Å²) in [6, 6.07) is 8.69. The van der Waals surface area contributed by atoms with Gasteiger partial charge in [0.1, 0.15) is 17.4 Å². The molecule has 140 valence electrons. The predicted molar refractivity (Wildman–Crippen MR) is 101 cm³/mol. The molecule has 2 aromatic rings. The van der Waals surface area contributed by atoms with Gasteiger partial charge in [0.25, 0.3) is 5.56 Å². The lowest BCUT2D eigenvalue weighted by atomic mass is 9.99. The van der Waals surface area contributed by atoms with E-state index in [4.69, 9.17) is 0 Å². The van der Waals surface area contributed by atoms with Gasteiger partial charge in [0, 0.05) is 31.9 Å². The molecule has 1 aromatic carbocycles. The molecule has 1 saturated heterocycles. The first-order valence-corrected chi connectivity index (χ1v) is 9.47. The van der Waals surface area contributed by atoms with E-state index in [1.165, 1.54) is 16.8 Å². The van der Waals surface area contributed by atoms with Crippen molar-refractivity contribution in [1.29, 1.82) is 5.26 Å². The number of piperidine rings is 1. The van der Waals surface area contributed by atoms with E-state index in [0.717, 1.165) is 25.1 Å². The predicted octanol–water partition coefficient (Wildman–Crippen LogP) is 2.83. The van der Waals surface area contributed by atoms with Crippen molar-refractivity contribution in [1.82, 2.24) is 9.78 Å². The van der Waals surface area contributed by atoms with E-state index >= 15 is 0 Å². The van der Waals surface area contributed by atoms with Gasteiger partial charge in [0.2, 0.25) is 0 Å². The number of hydrogen-bond acceptors (Lipinski definition) is 4. The summed E-state index contributed by atoms with van der Waals surface area (Å²) in [5, 5.41) is 13.6. The lowest BCUT2D eigenvalue weighted by Gasteiger charge is -2.24. The highest BCUT2D eigenvalue weighted by molar-refractivity contribution is 5.62. The average Bonchev–Trinajstić information content (AvgIpc) is 3.05. The maximum absolute atomic E-state index is 14.4. The van der Waals surface area contributed by atoms with Crippen molar-refractivity contribution >= 4 is 5.69 Å². The third-order valence-corrected chi connectivity index (χ3v) is 5.77. The molecule has 27 heavy (non-hydrogen) atoms. The molecule has 5 nitrogen and oxygen atoms in total. The monoisotopic (exact) mass is 366 g/mol. The molecule has 0 amide bonds. The lowest BCUT2D eigenvalue weighted by Crippen LogP contribution is -2.28. The van der Waals surface area contributed by atoms with Gasteiger partial charge >= 0.3 is 0 Å². The van der Waals surface area contributed by atoms with Crippen LogP contribution in [0.15, 0.2) is 35.3 Å². The Kier molecular flexibility index (Phi) is 4.47. The van der Waals surface area contributed by atoms with Crippen LogP contribution in [0.25, 0.3) is 0 Å². The second-order valence-electron chi connectivity index (χ2n) is 8.12. The second-order valence-corrected chi connectivity index (χ2v) is 8.12. The fourth-order valence-electron chi connectivity index (χ4n) is 4.44. The fraction of sp³-hybridized carbons (Fsp3) is 0.476. The molecule has 0 bridgehead atoms. The SMILES string of the molecule is CC(C)Cc1cc(F)c(C#N)c(N2CC3C(C2)C3Cn2ncccc2=O)c1. The molecule has 2 unspecified atom stereocenters. The van der Waals surface area contributed by atoms with E-state index in [1.807, 2.05) is 12.1 Å². The van der Waals surface area contributed by atoms with E-state index < -0.39 is 5.82 Å². The molecule has 1 saturated carbocycles. The highest BCUT2D eigenvalue weighted by atomic mass is 19.1. The number of fused-ring (bicyclic) bond motifs is 1. The van der Waals surface area contributed by atoms with Crippen molar-refractivity contribution in [3.8, 4) is 6.07 Å². The number of nitriles is 1. The molecule has 6 heteroatoms. The van der Waals surface area contributed by atoms with Crippen molar-refractivity contribution in [2.45, 2.75) is 26.8 Å². The number of nitrogens with zero attached hydrogens (tertiary/aromatic N) is 4. The number of rotatable bonds is 5. The molecule has 1 aliphatic heterocycles. The molecule has 1 aromatic heterocycles. The Hall–Kier alpha value is -2.68. The van der Waals surface area contributed by atoms with Gasteiger partial charge in [0.05, 0.1) is 5.69 Å². The highest BCUT2D eigenvalue weighted by Gasteiger charge is 2.56. The summed E-state index contributed by atoms with van der Waals surface area (Å²) in [5.74, 6) is 1.38. The van der Waals surface area contributed by atoms with Crippen molar-refractivity contribution in [2.24, 2.45) is 23.7 Å². The van der Waals surface area contributed by atoms with Crippen molar-refractivity contribution in [3.63, 3.8) is 0 Å².